The summed E-state index contributed by atoms with van der Waals surface area (Å²) >= 11 is 3.12. The molecular formula is C10H12BrFN2O2. The van der Waals surface area contributed by atoms with E-state index in [1.54, 1.807) is 11.9 Å². The molecule has 4 nitrogen and oxygen atoms in total. The van der Waals surface area contributed by atoms with Gasteiger partial charge in [-0.25, -0.2) is 9.37 Å². The van der Waals surface area contributed by atoms with Gasteiger partial charge in [-0.05, 0) is 22.0 Å². The lowest BCUT2D eigenvalue weighted by atomic mass is 10.3. The Bertz CT molecular complexity index is 387. The number of anilines is 1. The summed E-state index contributed by atoms with van der Waals surface area (Å²) in [5, 5.41) is 0. The Morgan fingerprint density at radius 2 is 2.38 bits per heavy atom. The first-order valence-electron chi connectivity index (χ1n) is 4.63. The summed E-state index contributed by atoms with van der Waals surface area (Å²) in [6.07, 6.45) is 1.71. The zero-order valence-corrected chi connectivity index (χ0v) is 10.6. The van der Waals surface area contributed by atoms with Crippen LogP contribution in [0.5, 0.6) is 0 Å². The normalized spacial score (nSPS) is 10.0. The van der Waals surface area contributed by atoms with E-state index in [1.807, 2.05) is 0 Å². The van der Waals surface area contributed by atoms with Crippen LogP contribution in [0.3, 0.4) is 0 Å². The zero-order valence-electron chi connectivity index (χ0n) is 9.04. The minimum Gasteiger partial charge on any atom is -0.469 e. The molecule has 0 amide bonds. The van der Waals surface area contributed by atoms with Gasteiger partial charge in [0.1, 0.15) is 0 Å². The average molecular weight is 291 g/mol. The second-order valence-corrected chi connectivity index (χ2v) is 4.12. The summed E-state index contributed by atoms with van der Waals surface area (Å²) in [5.74, 6) is -0.543. The predicted molar refractivity (Wildman–Crippen MR) is 61.8 cm³/mol. The standard InChI is InChI=1S/C10H12BrFN2O2/c1-14(4-3-9(15)16-2)10-8(12)5-7(11)6-13-10/h5-6H,3-4H2,1-2H3. The molecule has 6 heteroatoms. The van der Waals surface area contributed by atoms with Crippen LogP contribution in [0.2, 0.25) is 0 Å². The van der Waals surface area contributed by atoms with Crippen LogP contribution in [0.4, 0.5) is 10.2 Å². The third-order valence-electron chi connectivity index (χ3n) is 2.03. The molecule has 0 atom stereocenters. The van der Waals surface area contributed by atoms with Gasteiger partial charge in [-0.3, -0.25) is 4.79 Å². The minimum absolute atomic E-state index is 0.199. The molecule has 88 valence electrons. The third kappa shape index (κ3) is 3.44. The molecule has 0 aliphatic rings. The van der Waals surface area contributed by atoms with Gasteiger partial charge in [0, 0.05) is 24.3 Å². The molecule has 1 aromatic rings. The van der Waals surface area contributed by atoms with Crippen LogP contribution in [0.25, 0.3) is 0 Å². The molecular weight excluding hydrogens is 279 g/mol. The molecule has 0 unspecified atom stereocenters. The quantitative estimate of drug-likeness (QED) is 0.796. The molecule has 0 aliphatic heterocycles. The van der Waals surface area contributed by atoms with Gasteiger partial charge in [-0.15, -0.1) is 0 Å². The lowest BCUT2D eigenvalue weighted by molar-refractivity contribution is -0.140. The second-order valence-electron chi connectivity index (χ2n) is 3.21. The number of ether oxygens (including phenoxy) is 1. The van der Waals surface area contributed by atoms with Crippen LogP contribution in [0.15, 0.2) is 16.7 Å². The fourth-order valence-electron chi connectivity index (χ4n) is 1.16. The summed E-state index contributed by atoms with van der Waals surface area (Å²) in [6, 6.07) is 1.33. The highest BCUT2D eigenvalue weighted by molar-refractivity contribution is 9.10. The summed E-state index contributed by atoms with van der Waals surface area (Å²) < 4.78 is 18.5. The Hall–Kier alpha value is -1.17. The van der Waals surface area contributed by atoms with Gasteiger partial charge in [0.25, 0.3) is 0 Å². The molecule has 0 aromatic carbocycles. The number of carbonyl (C=O) groups excluding carboxylic acids is 1. The summed E-state index contributed by atoms with van der Waals surface area (Å²) in [7, 11) is 2.99. The van der Waals surface area contributed by atoms with E-state index < -0.39 is 5.82 Å². The second kappa shape index (κ2) is 5.79. The van der Waals surface area contributed by atoms with Gasteiger partial charge >= 0.3 is 5.97 Å². The average Bonchev–Trinajstić information content (AvgIpc) is 2.25. The Morgan fingerprint density at radius 1 is 1.69 bits per heavy atom. The number of rotatable bonds is 4. The summed E-state index contributed by atoms with van der Waals surface area (Å²) in [6.45, 7) is 0.359. The molecule has 16 heavy (non-hydrogen) atoms. The number of pyridine rings is 1. The van der Waals surface area contributed by atoms with Crippen LogP contribution in [-0.2, 0) is 9.53 Å². The Labute approximate surface area is 102 Å². The number of nitrogens with zero attached hydrogens (tertiary/aromatic N) is 2. The van der Waals surface area contributed by atoms with Crippen molar-refractivity contribution >= 4 is 27.7 Å². The van der Waals surface area contributed by atoms with Crippen molar-refractivity contribution in [2.75, 3.05) is 25.6 Å². The molecule has 0 spiro atoms. The van der Waals surface area contributed by atoms with Gasteiger partial charge in [-0.2, -0.15) is 0 Å². The van der Waals surface area contributed by atoms with Crippen LogP contribution in [0, 0.1) is 5.82 Å². The van der Waals surface area contributed by atoms with Crippen LogP contribution in [0.1, 0.15) is 6.42 Å². The molecule has 0 bridgehead atoms. The van der Waals surface area contributed by atoms with Gasteiger partial charge in [0.15, 0.2) is 11.6 Å². The van der Waals surface area contributed by atoms with Crippen molar-refractivity contribution in [2.45, 2.75) is 6.42 Å². The lowest BCUT2D eigenvalue weighted by Crippen LogP contribution is -2.23. The molecule has 0 radical (unpaired) electrons. The van der Waals surface area contributed by atoms with E-state index in [0.29, 0.717) is 11.0 Å². The fourth-order valence-corrected chi connectivity index (χ4v) is 1.46. The zero-order chi connectivity index (χ0) is 12.1. The molecule has 0 fully saturated rings. The van der Waals surface area contributed by atoms with Crippen LogP contribution < -0.4 is 4.90 Å². The Kier molecular flexibility index (Phi) is 4.67. The highest BCUT2D eigenvalue weighted by atomic mass is 79.9. The van der Waals surface area contributed by atoms with Crippen molar-refractivity contribution in [3.63, 3.8) is 0 Å². The number of esters is 1. The molecule has 1 aromatic heterocycles. The fraction of sp³-hybridized carbons (Fsp3) is 0.400. The van der Waals surface area contributed by atoms with E-state index in [-0.39, 0.29) is 18.2 Å². The number of aromatic nitrogens is 1. The maximum atomic E-state index is 13.5. The van der Waals surface area contributed by atoms with Crippen molar-refractivity contribution < 1.29 is 13.9 Å². The lowest BCUT2D eigenvalue weighted by Gasteiger charge is -2.17. The van der Waals surface area contributed by atoms with E-state index in [9.17, 15) is 9.18 Å². The van der Waals surface area contributed by atoms with E-state index in [1.165, 1.54) is 19.4 Å². The third-order valence-corrected chi connectivity index (χ3v) is 2.46. The predicted octanol–water partition coefficient (Wildman–Crippen LogP) is 1.98. The van der Waals surface area contributed by atoms with Gasteiger partial charge in [-0.1, -0.05) is 0 Å². The number of halogens is 2. The van der Waals surface area contributed by atoms with Crippen molar-refractivity contribution in [2.24, 2.45) is 0 Å². The number of carbonyl (C=O) groups is 1. The number of methoxy groups -OCH3 is 1. The van der Waals surface area contributed by atoms with Crippen molar-refractivity contribution in [3.8, 4) is 0 Å². The summed E-state index contributed by atoms with van der Waals surface area (Å²) in [5.41, 5.74) is 0. The van der Waals surface area contributed by atoms with E-state index in [0.717, 1.165) is 0 Å². The van der Waals surface area contributed by atoms with E-state index in [2.05, 4.69) is 25.7 Å². The van der Waals surface area contributed by atoms with Crippen molar-refractivity contribution in [3.05, 3.63) is 22.6 Å². The van der Waals surface area contributed by atoms with Crippen molar-refractivity contribution in [1.82, 2.24) is 4.98 Å². The number of hydrogen-bond donors (Lipinski definition) is 0. The summed E-state index contributed by atoms with van der Waals surface area (Å²) in [4.78, 5) is 16.4. The first-order valence-corrected chi connectivity index (χ1v) is 5.43. The highest BCUT2D eigenvalue weighted by Gasteiger charge is 2.11. The van der Waals surface area contributed by atoms with Gasteiger partial charge < -0.3 is 9.64 Å². The maximum Gasteiger partial charge on any atom is 0.307 e. The molecule has 0 saturated carbocycles. The van der Waals surface area contributed by atoms with E-state index >= 15 is 0 Å². The minimum atomic E-state index is -0.429. The highest BCUT2D eigenvalue weighted by Crippen LogP contribution is 2.18. The van der Waals surface area contributed by atoms with E-state index in [4.69, 9.17) is 0 Å². The Balaban J connectivity index is 2.65. The SMILES string of the molecule is COC(=O)CCN(C)c1ncc(Br)cc1F. The number of hydrogen-bond acceptors (Lipinski definition) is 4. The first-order chi connectivity index (χ1) is 7.54. The van der Waals surface area contributed by atoms with Crippen LogP contribution in [-0.4, -0.2) is 31.7 Å². The largest absolute Gasteiger partial charge is 0.469 e. The van der Waals surface area contributed by atoms with Crippen molar-refractivity contribution in [1.29, 1.82) is 0 Å². The molecule has 0 saturated heterocycles. The topological polar surface area (TPSA) is 42.4 Å². The first kappa shape index (κ1) is 12.9. The molecule has 1 rings (SSSR count). The molecule has 0 aliphatic carbocycles. The van der Waals surface area contributed by atoms with Crippen LogP contribution >= 0.6 is 15.9 Å². The molecule has 1 heterocycles. The van der Waals surface area contributed by atoms with Gasteiger partial charge in [0.2, 0.25) is 0 Å². The maximum absolute atomic E-state index is 13.5. The smallest absolute Gasteiger partial charge is 0.307 e. The molecule has 0 N–H and O–H groups in total. The monoisotopic (exact) mass is 290 g/mol. The Morgan fingerprint density at radius 3 is 2.94 bits per heavy atom. The van der Waals surface area contributed by atoms with Gasteiger partial charge in [0.05, 0.1) is 13.5 Å².